The summed E-state index contributed by atoms with van der Waals surface area (Å²) in [5, 5.41) is 7.92. The van der Waals surface area contributed by atoms with Crippen LogP contribution in [0.5, 0.6) is 0 Å². The maximum Gasteiger partial charge on any atom is 0.289 e. The van der Waals surface area contributed by atoms with Crippen LogP contribution < -0.4 is 10.2 Å². The Labute approximate surface area is 128 Å². The van der Waals surface area contributed by atoms with Crippen molar-refractivity contribution < 1.29 is 9.53 Å². The molecule has 3 rings (SSSR count). The first kappa shape index (κ1) is 14.7. The molecule has 0 atom stereocenters. The summed E-state index contributed by atoms with van der Waals surface area (Å²) in [7, 11) is 1.81. The molecule has 1 fully saturated rings. The molecule has 3 heterocycles. The third-order valence-corrected chi connectivity index (χ3v) is 3.51. The van der Waals surface area contributed by atoms with Crippen LogP contribution in [0.4, 0.5) is 5.82 Å². The average molecular weight is 304 g/mol. The second kappa shape index (κ2) is 5.88. The molecule has 0 radical (unpaired) electrons. The number of amides is 1. The van der Waals surface area contributed by atoms with Gasteiger partial charge in [-0.3, -0.25) is 9.48 Å². The van der Waals surface area contributed by atoms with E-state index in [1.807, 2.05) is 20.9 Å². The molecule has 0 bridgehead atoms. The third kappa shape index (κ3) is 2.74. The van der Waals surface area contributed by atoms with Gasteiger partial charge in [0.05, 0.1) is 24.8 Å². The zero-order valence-electron chi connectivity index (χ0n) is 13.0. The van der Waals surface area contributed by atoms with Crippen LogP contribution in [0.2, 0.25) is 0 Å². The van der Waals surface area contributed by atoms with Gasteiger partial charge >= 0.3 is 0 Å². The van der Waals surface area contributed by atoms with Gasteiger partial charge in [-0.15, -0.1) is 0 Å². The minimum Gasteiger partial charge on any atom is -0.378 e. The number of carbonyl (C=O) groups is 1. The minimum absolute atomic E-state index is 0.0326. The van der Waals surface area contributed by atoms with Gasteiger partial charge in [0.25, 0.3) is 5.91 Å². The Morgan fingerprint density at radius 2 is 2.05 bits per heavy atom. The zero-order chi connectivity index (χ0) is 15.7. The second-order valence-corrected chi connectivity index (χ2v) is 5.60. The van der Waals surface area contributed by atoms with Crippen molar-refractivity contribution in [1.82, 2.24) is 25.1 Å². The van der Waals surface area contributed by atoms with E-state index < -0.39 is 0 Å². The molecule has 1 amide bonds. The molecule has 0 aliphatic carbocycles. The summed E-state index contributed by atoms with van der Waals surface area (Å²) in [4.78, 5) is 23.2. The SMILES string of the molecule is CC(C)NC(=O)c1nc(N2CCOCC2)c2cnn(C)c2n1. The molecular weight excluding hydrogens is 284 g/mol. The normalized spacial score (nSPS) is 15.5. The van der Waals surface area contributed by atoms with Crippen LogP contribution in [0.3, 0.4) is 0 Å². The van der Waals surface area contributed by atoms with Crippen LogP contribution in [-0.2, 0) is 11.8 Å². The Hall–Kier alpha value is -2.22. The van der Waals surface area contributed by atoms with Crippen molar-refractivity contribution in [1.29, 1.82) is 0 Å². The van der Waals surface area contributed by atoms with Crippen molar-refractivity contribution in [3.63, 3.8) is 0 Å². The Morgan fingerprint density at radius 1 is 1.32 bits per heavy atom. The smallest absolute Gasteiger partial charge is 0.289 e. The van der Waals surface area contributed by atoms with Gasteiger partial charge in [-0.2, -0.15) is 5.10 Å². The van der Waals surface area contributed by atoms with Crippen molar-refractivity contribution >= 4 is 22.8 Å². The molecule has 8 heteroatoms. The lowest BCUT2D eigenvalue weighted by molar-refractivity contribution is 0.0933. The third-order valence-electron chi connectivity index (χ3n) is 3.51. The van der Waals surface area contributed by atoms with E-state index >= 15 is 0 Å². The summed E-state index contributed by atoms with van der Waals surface area (Å²) in [6.07, 6.45) is 1.74. The highest BCUT2D eigenvalue weighted by Crippen LogP contribution is 2.24. The average Bonchev–Trinajstić information content (AvgIpc) is 2.88. The van der Waals surface area contributed by atoms with E-state index in [1.54, 1.807) is 10.9 Å². The maximum absolute atomic E-state index is 12.3. The highest BCUT2D eigenvalue weighted by molar-refractivity contribution is 5.95. The monoisotopic (exact) mass is 304 g/mol. The van der Waals surface area contributed by atoms with Crippen LogP contribution in [0.1, 0.15) is 24.5 Å². The van der Waals surface area contributed by atoms with Crippen molar-refractivity contribution in [3.05, 3.63) is 12.0 Å². The molecule has 0 unspecified atom stereocenters. The predicted octanol–water partition coefficient (Wildman–Crippen LogP) is 0.338. The Kier molecular flexibility index (Phi) is 3.93. The number of morpholine rings is 1. The summed E-state index contributed by atoms with van der Waals surface area (Å²) >= 11 is 0. The predicted molar refractivity (Wildman–Crippen MR) is 81.9 cm³/mol. The Bertz CT molecular complexity index is 690. The molecule has 2 aromatic heterocycles. The van der Waals surface area contributed by atoms with Crippen molar-refractivity contribution in [2.45, 2.75) is 19.9 Å². The number of aromatic nitrogens is 4. The van der Waals surface area contributed by atoms with Gasteiger partial charge in [-0.05, 0) is 13.8 Å². The van der Waals surface area contributed by atoms with Gasteiger partial charge in [0.2, 0.25) is 5.82 Å². The number of aryl methyl sites for hydroxylation is 1. The minimum atomic E-state index is -0.271. The fourth-order valence-corrected chi connectivity index (χ4v) is 2.45. The molecule has 2 aromatic rings. The number of rotatable bonds is 3. The van der Waals surface area contributed by atoms with Crippen LogP contribution >= 0.6 is 0 Å². The molecule has 8 nitrogen and oxygen atoms in total. The quantitative estimate of drug-likeness (QED) is 0.880. The molecule has 1 aliphatic heterocycles. The number of ether oxygens (including phenoxy) is 1. The number of fused-ring (bicyclic) bond motifs is 1. The summed E-state index contributed by atoms with van der Waals surface area (Å²) in [6.45, 7) is 6.60. The first-order valence-corrected chi connectivity index (χ1v) is 7.39. The number of nitrogens with one attached hydrogen (secondary N) is 1. The lowest BCUT2D eigenvalue weighted by Gasteiger charge is -2.28. The van der Waals surface area contributed by atoms with Gasteiger partial charge in [-0.25, -0.2) is 9.97 Å². The van der Waals surface area contributed by atoms with Gasteiger partial charge in [0.1, 0.15) is 5.82 Å². The molecule has 118 valence electrons. The standard InChI is InChI=1S/C14H20N6O2/c1-9(2)16-14(21)11-17-12-10(8-15-19(12)3)13(18-11)20-4-6-22-7-5-20/h8-9H,4-7H2,1-3H3,(H,16,21). The largest absolute Gasteiger partial charge is 0.378 e. The van der Waals surface area contributed by atoms with Crippen LogP contribution in [-0.4, -0.2) is 58.0 Å². The van der Waals surface area contributed by atoms with Gasteiger partial charge in [0.15, 0.2) is 5.65 Å². The van der Waals surface area contributed by atoms with Gasteiger partial charge < -0.3 is 15.0 Å². The molecule has 1 saturated heterocycles. The highest BCUT2D eigenvalue weighted by Gasteiger charge is 2.21. The topological polar surface area (TPSA) is 85.2 Å². The van der Waals surface area contributed by atoms with E-state index in [4.69, 9.17) is 4.74 Å². The molecule has 1 aliphatic rings. The summed E-state index contributed by atoms with van der Waals surface area (Å²) < 4.78 is 7.04. The van der Waals surface area contributed by atoms with Crippen molar-refractivity contribution in [2.24, 2.45) is 7.05 Å². The number of nitrogens with zero attached hydrogens (tertiary/aromatic N) is 5. The molecule has 22 heavy (non-hydrogen) atoms. The number of hydrogen-bond donors (Lipinski definition) is 1. The second-order valence-electron chi connectivity index (χ2n) is 5.60. The van der Waals surface area contributed by atoms with E-state index in [-0.39, 0.29) is 17.8 Å². The fourth-order valence-electron chi connectivity index (χ4n) is 2.45. The van der Waals surface area contributed by atoms with Gasteiger partial charge in [-0.1, -0.05) is 0 Å². The lowest BCUT2D eigenvalue weighted by atomic mass is 10.3. The number of carbonyl (C=O) groups excluding carboxylic acids is 1. The first-order chi connectivity index (χ1) is 10.6. The van der Waals surface area contributed by atoms with Crippen LogP contribution in [0.15, 0.2) is 6.20 Å². The number of anilines is 1. The fraction of sp³-hybridized carbons (Fsp3) is 0.571. The molecular formula is C14H20N6O2. The van der Waals surface area contributed by atoms with E-state index in [9.17, 15) is 4.79 Å². The summed E-state index contributed by atoms with van der Waals surface area (Å²) in [5.41, 5.74) is 0.658. The van der Waals surface area contributed by atoms with Crippen molar-refractivity contribution in [2.75, 3.05) is 31.2 Å². The molecule has 0 spiro atoms. The van der Waals surface area contributed by atoms with Crippen LogP contribution in [0.25, 0.3) is 11.0 Å². The zero-order valence-corrected chi connectivity index (χ0v) is 13.0. The molecule has 0 aromatic carbocycles. The molecule has 0 saturated carbocycles. The van der Waals surface area contributed by atoms with Crippen LogP contribution in [0, 0.1) is 0 Å². The lowest BCUT2D eigenvalue weighted by Crippen LogP contribution is -2.38. The Morgan fingerprint density at radius 3 is 2.73 bits per heavy atom. The summed E-state index contributed by atoms with van der Waals surface area (Å²) in [5.74, 6) is 0.647. The first-order valence-electron chi connectivity index (χ1n) is 7.39. The van der Waals surface area contributed by atoms with E-state index in [0.717, 1.165) is 24.3 Å². The van der Waals surface area contributed by atoms with E-state index in [2.05, 4.69) is 25.3 Å². The maximum atomic E-state index is 12.3. The molecule has 1 N–H and O–H groups in total. The van der Waals surface area contributed by atoms with E-state index in [0.29, 0.717) is 18.9 Å². The van der Waals surface area contributed by atoms with Gasteiger partial charge in [0, 0.05) is 26.2 Å². The van der Waals surface area contributed by atoms with Crippen molar-refractivity contribution in [3.8, 4) is 0 Å². The highest BCUT2D eigenvalue weighted by atomic mass is 16.5. The summed E-state index contributed by atoms with van der Waals surface area (Å²) in [6, 6.07) is 0.0326. The Balaban J connectivity index is 2.06. The number of hydrogen-bond acceptors (Lipinski definition) is 6. The van der Waals surface area contributed by atoms with E-state index in [1.165, 1.54) is 0 Å².